The molecule has 4 aliphatic rings. The number of amides is 3. The van der Waals surface area contributed by atoms with Gasteiger partial charge in [-0.3, -0.25) is 24.1 Å². The van der Waals surface area contributed by atoms with Gasteiger partial charge >= 0.3 is 11.0 Å². The Kier molecular flexibility index (Phi) is 8.38. The van der Waals surface area contributed by atoms with Crippen LogP contribution in [0, 0.1) is 29.6 Å². The molecule has 14 heteroatoms. The maximum atomic E-state index is 14.1. The van der Waals surface area contributed by atoms with Crippen molar-refractivity contribution in [1.82, 2.24) is 4.98 Å². The van der Waals surface area contributed by atoms with E-state index in [2.05, 4.69) is 10.3 Å². The second-order valence-corrected chi connectivity index (χ2v) is 16.2. The van der Waals surface area contributed by atoms with Crippen LogP contribution in [-0.4, -0.2) is 41.2 Å². The largest absolute Gasteiger partial charge is 0.490 e. The van der Waals surface area contributed by atoms with Crippen LogP contribution in [-0.2, 0) is 20.6 Å². The topological polar surface area (TPSA) is 118 Å². The monoisotopic (exact) mass is 771 g/mol. The lowest BCUT2D eigenvalue weighted by molar-refractivity contribution is -0.137. The van der Waals surface area contributed by atoms with E-state index in [9.17, 15) is 32.3 Å². The fourth-order valence-electron chi connectivity index (χ4n) is 9.24. The zero-order valence-electron chi connectivity index (χ0n) is 28.6. The quantitative estimate of drug-likeness (QED) is 0.155. The van der Waals surface area contributed by atoms with Crippen LogP contribution in [0.2, 0.25) is 0 Å². The van der Waals surface area contributed by atoms with Crippen LogP contribution < -0.4 is 24.6 Å². The van der Waals surface area contributed by atoms with E-state index >= 15 is 0 Å². The summed E-state index contributed by atoms with van der Waals surface area (Å²) in [4.78, 5) is 58.4. The average molecular weight is 772 g/mol. The Morgan fingerprint density at radius 2 is 1.67 bits per heavy atom. The van der Waals surface area contributed by atoms with Gasteiger partial charge in [0, 0.05) is 27.1 Å². The Morgan fingerprint density at radius 3 is 2.46 bits per heavy atom. The molecule has 1 aromatic heterocycles. The number of thiazole rings is 1. The molecule has 276 valence electrons. The zero-order valence-corrected chi connectivity index (χ0v) is 30.2. The van der Waals surface area contributed by atoms with Crippen LogP contribution in [0.25, 0.3) is 10.8 Å². The normalized spacial score (nSPS) is 25.4. The summed E-state index contributed by atoms with van der Waals surface area (Å²) in [5.41, 5.74) is 0.489. The summed E-state index contributed by atoms with van der Waals surface area (Å²) in [5.74, 6) is -2.81. The molecule has 4 unspecified atom stereocenters. The van der Waals surface area contributed by atoms with Crippen LogP contribution in [0.1, 0.15) is 35.3 Å². The van der Waals surface area contributed by atoms with Gasteiger partial charge in [-0.1, -0.05) is 59.9 Å². The van der Waals surface area contributed by atoms with Crippen LogP contribution in [0.3, 0.4) is 0 Å². The Labute approximate surface area is 314 Å². The number of aromatic amines is 1. The van der Waals surface area contributed by atoms with Crippen LogP contribution in [0.4, 0.5) is 24.5 Å². The fourth-order valence-corrected chi connectivity index (χ4v) is 12.1. The summed E-state index contributed by atoms with van der Waals surface area (Å²) < 4.78 is 52.8. The number of benzene rings is 4. The smallest absolute Gasteiger partial charge is 0.416 e. The number of nitrogens with one attached hydrogen (secondary N) is 2. The minimum Gasteiger partial charge on any atom is -0.490 e. The van der Waals surface area contributed by atoms with Crippen molar-refractivity contribution in [2.45, 2.75) is 35.7 Å². The van der Waals surface area contributed by atoms with Gasteiger partial charge in [0.2, 0.25) is 11.8 Å². The third kappa shape index (κ3) is 5.60. The molecule has 0 radical (unpaired) electrons. The summed E-state index contributed by atoms with van der Waals surface area (Å²) in [7, 11) is 0. The van der Waals surface area contributed by atoms with Gasteiger partial charge in [-0.15, -0.1) is 11.8 Å². The molecule has 2 aliphatic carbocycles. The molecule has 3 fully saturated rings. The van der Waals surface area contributed by atoms with Gasteiger partial charge in [0.25, 0.3) is 5.91 Å². The van der Waals surface area contributed by atoms with Crippen LogP contribution >= 0.6 is 23.1 Å². The number of thioether (sulfide) groups is 1. The highest BCUT2D eigenvalue weighted by atomic mass is 32.2. The lowest BCUT2D eigenvalue weighted by Crippen LogP contribution is -2.42. The third-order valence-corrected chi connectivity index (χ3v) is 13.8. The number of hydrogen-bond acceptors (Lipinski definition) is 8. The molecule has 9 rings (SSSR count). The Hall–Kier alpha value is -5.08. The van der Waals surface area contributed by atoms with Crippen molar-refractivity contribution in [3.8, 4) is 11.5 Å². The maximum Gasteiger partial charge on any atom is 0.416 e. The number of halogens is 3. The minimum atomic E-state index is -4.63. The van der Waals surface area contributed by atoms with Crippen molar-refractivity contribution in [2.24, 2.45) is 29.6 Å². The van der Waals surface area contributed by atoms with E-state index in [1.54, 1.807) is 6.07 Å². The first-order valence-electron chi connectivity index (χ1n) is 17.6. The number of H-pyrrole nitrogens is 1. The Bertz CT molecular complexity index is 2410. The summed E-state index contributed by atoms with van der Waals surface area (Å²) in [6, 6.07) is 23.2. The molecule has 3 amide bonds. The number of fused-ring (bicyclic) bond motifs is 10. The van der Waals surface area contributed by atoms with E-state index < -0.39 is 35.4 Å². The molecule has 5 aromatic rings. The SMILES string of the molecule is CCOc1cc([C@H]2c3sc(=O)[nH]c3SC3C2[C@H]2C[C@@H]3C3C(=O)N(c4cccc(C(F)(F)F)c4)C(=O)C32)ccc1OCC(=O)Nc1cccc2ccccc12. The van der Waals surface area contributed by atoms with Crippen molar-refractivity contribution in [3.63, 3.8) is 0 Å². The predicted octanol–water partition coefficient (Wildman–Crippen LogP) is 7.70. The number of aromatic nitrogens is 1. The molecular weight excluding hydrogens is 740 g/mol. The average Bonchev–Trinajstić information content (AvgIpc) is 3.89. The van der Waals surface area contributed by atoms with E-state index in [0.717, 1.165) is 54.6 Å². The fraction of sp³-hybridized carbons (Fsp3) is 0.300. The zero-order chi connectivity index (χ0) is 37.5. The number of hydrogen-bond donors (Lipinski definition) is 2. The number of imide groups is 1. The Morgan fingerprint density at radius 1 is 0.907 bits per heavy atom. The summed E-state index contributed by atoms with van der Waals surface area (Å²) >= 11 is 2.63. The number of carbonyl (C=O) groups is 3. The maximum absolute atomic E-state index is 14.1. The second kappa shape index (κ2) is 13.0. The van der Waals surface area contributed by atoms with Crippen molar-refractivity contribution < 1.29 is 37.0 Å². The van der Waals surface area contributed by atoms with Crippen molar-refractivity contribution in [3.05, 3.63) is 111 Å². The van der Waals surface area contributed by atoms with Crippen molar-refractivity contribution >= 4 is 63.0 Å². The highest BCUT2D eigenvalue weighted by molar-refractivity contribution is 8.00. The van der Waals surface area contributed by atoms with Gasteiger partial charge in [0.1, 0.15) is 0 Å². The predicted molar refractivity (Wildman–Crippen MR) is 198 cm³/mol. The van der Waals surface area contributed by atoms with Crippen LogP contribution in [0.5, 0.6) is 11.5 Å². The van der Waals surface area contributed by atoms with Crippen LogP contribution in [0.15, 0.2) is 94.7 Å². The van der Waals surface area contributed by atoms with Gasteiger partial charge < -0.3 is 19.8 Å². The van der Waals surface area contributed by atoms with Gasteiger partial charge in [0.15, 0.2) is 18.1 Å². The first-order chi connectivity index (χ1) is 26.0. The van der Waals surface area contributed by atoms with Crippen molar-refractivity contribution in [2.75, 3.05) is 23.4 Å². The standard InChI is InChI=1S/C40H32F3N3O6S2/c1-2-51-28-15-20(13-14-27(28)52-18-29(47)44-26-12-5-8-19-7-3-4-11-23(19)26)30-31-24-17-25(34(31)53-36-35(30)54-39(50)45-36)33-32(24)37(48)46(38(33)49)22-10-6-9-21(16-22)40(41,42)43/h3-16,24-25,30-34H,2,17-18H2,1H3,(H,44,47)(H,45,50)/t24-,25-,30-,31?,32?,33?,34?/m1/s1. The highest BCUT2D eigenvalue weighted by Gasteiger charge is 2.69. The summed E-state index contributed by atoms with van der Waals surface area (Å²) in [5, 5.41) is 5.42. The molecule has 54 heavy (non-hydrogen) atoms. The number of nitrogens with zero attached hydrogens (tertiary/aromatic N) is 1. The van der Waals surface area contributed by atoms with Crippen molar-refractivity contribution in [1.29, 1.82) is 0 Å². The Balaban J connectivity index is 1.01. The number of anilines is 2. The molecule has 9 nitrogen and oxygen atoms in total. The third-order valence-electron chi connectivity index (χ3n) is 11.2. The van der Waals surface area contributed by atoms with E-state index in [-0.39, 0.29) is 52.0 Å². The first kappa shape index (κ1) is 34.7. The van der Waals surface area contributed by atoms with Gasteiger partial charge in [-0.25, -0.2) is 0 Å². The molecule has 4 aromatic carbocycles. The van der Waals surface area contributed by atoms with E-state index in [1.807, 2.05) is 61.5 Å². The summed E-state index contributed by atoms with van der Waals surface area (Å²) in [6.07, 6.45) is -4.01. The number of alkyl halides is 3. The molecule has 1 saturated heterocycles. The lowest BCUT2D eigenvalue weighted by Gasteiger charge is -2.43. The molecule has 3 heterocycles. The van der Waals surface area contributed by atoms with Gasteiger partial charge in [-0.05, 0) is 78.4 Å². The minimum absolute atomic E-state index is 0.0769. The van der Waals surface area contributed by atoms with E-state index in [0.29, 0.717) is 30.2 Å². The molecular formula is C40H32F3N3O6S2. The molecule has 2 bridgehead atoms. The number of carbonyl (C=O) groups excluding carboxylic acids is 3. The molecule has 2 N–H and O–H groups in total. The lowest BCUT2D eigenvalue weighted by atomic mass is 9.68. The van der Waals surface area contributed by atoms with Gasteiger partial charge in [0.05, 0.1) is 34.7 Å². The molecule has 0 spiro atoms. The first-order valence-corrected chi connectivity index (χ1v) is 19.3. The number of ether oxygens (including phenoxy) is 2. The molecule has 2 saturated carbocycles. The summed E-state index contributed by atoms with van der Waals surface area (Å²) in [6.45, 7) is 1.87. The number of rotatable bonds is 8. The van der Waals surface area contributed by atoms with E-state index in [1.165, 1.54) is 23.9 Å². The molecule has 2 aliphatic heterocycles. The van der Waals surface area contributed by atoms with Gasteiger partial charge in [-0.2, -0.15) is 13.2 Å². The highest BCUT2D eigenvalue weighted by Crippen LogP contribution is 2.69. The molecule has 7 atom stereocenters. The second-order valence-electron chi connectivity index (χ2n) is 14.0. The van der Waals surface area contributed by atoms with E-state index in [4.69, 9.17) is 9.47 Å².